The monoisotopic (exact) mass is 328 g/mol. The van der Waals surface area contributed by atoms with Gasteiger partial charge in [-0.1, -0.05) is 62.4 Å². The predicted octanol–water partition coefficient (Wildman–Crippen LogP) is 6.15. The minimum atomic E-state index is 1.01. The van der Waals surface area contributed by atoms with Gasteiger partial charge in [-0.3, -0.25) is 0 Å². The van der Waals surface area contributed by atoms with Crippen LogP contribution in [0.4, 0.5) is 5.69 Å². The van der Waals surface area contributed by atoms with Gasteiger partial charge in [-0.05, 0) is 35.0 Å². The van der Waals surface area contributed by atoms with Crippen LogP contribution in [0.15, 0.2) is 72.8 Å². The number of anilines is 1. The van der Waals surface area contributed by atoms with Crippen molar-refractivity contribution in [2.45, 2.75) is 13.8 Å². The Morgan fingerprint density at radius 3 is 2.12 bits per heavy atom. The minimum Gasteiger partial charge on any atom is -0.378 e. The number of rotatable bonds is 2. The second-order valence-corrected chi connectivity index (χ2v) is 5.99. The first kappa shape index (κ1) is 17.0. The van der Waals surface area contributed by atoms with Gasteiger partial charge in [0, 0.05) is 30.7 Å². The molecule has 0 fully saturated rings. The number of hydrogen-bond acceptors (Lipinski definition) is 2. The van der Waals surface area contributed by atoms with E-state index in [9.17, 15) is 0 Å². The molecule has 0 amide bonds. The topological polar surface area (TPSA) is 16.1 Å². The van der Waals surface area contributed by atoms with Gasteiger partial charge < -0.3 is 4.90 Å². The molecule has 2 heteroatoms. The lowest BCUT2D eigenvalue weighted by Crippen LogP contribution is -2.07. The van der Waals surface area contributed by atoms with Crippen molar-refractivity contribution in [1.29, 1.82) is 0 Å². The quantitative estimate of drug-likeness (QED) is 0.410. The third kappa shape index (κ3) is 3.34. The largest absolute Gasteiger partial charge is 0.378 e. The Balaban J connectivity index is 0.000000880. The molecule has 2 nitrogen and oxygen atoms in total. The van der Waals surface area contributed by atoms with E-state index in [1.54, 1.807) is 0 Å². The lowest BCUT2D eigenvalue weighted by atomic mass is 10.0. The molecule has 3 aromatic carbocycles. The smallest absolute Gasteiger partial charge is 0.0715 e. The molecule has 4 aromatic rings. The zero-order chi connectivity index (χ0) is 17.8. The average Bonchev–Trinajstić information content (AvgIpc) is 2.69. The normalized spacial score (nSPS) is 10.4. The molecule has 0 atom stereocenters. The molecular weight excluding hydrogens is 304 g/mol. The first-order chi connectivity index (χ1) is 12.2. The fourth-order valence-electron chi connectivity index (χ4n) is 2.98. The second-order valence-electron chi connectivity index (χ2n) is 5.99. The summed E-state index contributed by atoms with van der Waals surface area (Å²) in [6.07, 6.45) is 0. The molecule has 0 aliphatic rings. The summed E-state index contributed by atoms with van der Waals surface area (Å²) in [5.74, 6) is 0. The van der Waals surface area contributed by atoms with E-state index in [0.717, 1.165) is 16.8 Å². The highest BCUT2D eigenvalue weighted by Gasteiger charge is 2.05. The van der Waals surface area contributed by atoms with Crippen LogP contribution < -0.4 is 4.90 Å². The summed E-state index contributed by atoms with van der Waals surface area (Å²) in [5.41, 5.74) is 4.39. The lowest BCUT2D eigenvalue weighted by Gasteiger charge is -2.12. The molecule has 0 N–H and O–H groups in total. The SMILES string of the molecule is CC.CN(C)c1ccc(-c2ccc3c(ccc4ccccc43)n2)cc1. The molecule has 0 unspecified atom stereocenters. The number of aromatic nitrogens is 1. The minimum absolute atomic E-state index is 1.01. The number of hydrogen-bond donors (Lipinski definition) is 0. The maximum atomic E-state index is 4.86. The second kappa shape index (κ2) is 7.35. The molecule has 0 aliphatic heterocycles. The maximum absolute atomic E-state index is 4.86. The number of benzene rings is 3. The van der Waals surface area contributed by atoms with E-state index in [1.807, 2.05) is 27.9 Å². The Morgan fingerprint density at radius 1 is 0.680 bits per heavy atom. The standard InChI is InChI=1S/C21H18N2.C2H6/c1-23(2)17-10-7-16(8-11-17)20-14-12-19-18-6-4-3-5-15(18)9-13-21(19)22-20;1-2/h3-14H,1-2H3;1-2H3. The van der Waals surface area contributed by atoms with E-state index in [4.69, 9.17) is 4.98 Å². The average molecular weight is 328 g/mol. The summed E-state index contributed by atoms with van der Waals surface area (Å²) < 4.78 is 0. The zero-order valence-electron chi connectivity index (χ0n) is 15.3. The summed E-state index contributed by atoms with van der Waals surface area (Å²) in [6, 6.07) is 25.5. The summed E-state index contributed by atoms with van der Waals surface area (Å²) in [7, 11) is 4.10. The van der Waals surface area contributed by atoms with Crippen molar-refractivity contribution in [3.63, 3.8) is 0 Å². The van der Waals surface area contributed by atoms with Crippen LogP contribution in [0.25, 0.3) is 32.9 Å². The van der Waals surface area contributed by atoms with Gasteiger partial charge in [0.15, 0.2) is 0 Å². The van der Waals surface area contributed by atoms with E-state index in [0.29, 0.717) is 0 Å². The van der Waals surface area contributed by atoms with E-state index >= 15 is 0 Å². The van der Waals surface area contributed by atoms with Gasteiger partial charge in [-0.25, -0.2) is 4.98 Å². The van der Waals surface area contributed by atoms with Gasteiger partial charge in [-0.15, -0.1) is 0 Å². The van der Waals surface area contributed by atoms with Crippen molar-refractivity contribution >= 4 is 27.4 Å². The van der Waals surface area contributed by atoms with Gasteiger partial charge >= 0.3 is 0 Å². The first-order valence-corrected chi connectivity index (χ1v) is 8.79. The molecule has 25 heavy (non-hydrogen) atoms. The summed E-state index contributed by atoms with van der Waals surface area (Å²) in [5, 5.41) is 3.72. The van der Waals surface area contributed by atoms with Gasteiger partial charge in [-0.2, -0.15) is 0 Å². The van der Waals surface area contributed by atoms with Gasteiger partial charge in [0.05, 0.1) is 11.2 Å². The molecular formula is C23H24N2. The summed E-state index contributed by atoms with van der Waals surface area (Å²) >= 11 is 0. The Bertz CT molecular complexity index is 986. The predicted molar refractivity (Wildman–Crippen MR) is 110 cm³/mol. The molecule has 0 saturated carbocycles. The highest BCUT2D eigenvalue weighted by Crippen LogP contribution is 2.27. The Hall–Kier alpha value is -2.87. The van der Waals surface area contributed by atoms with Crippen molar-refractivity contribution < 1.29 is 0 Å². The van der Waals surface area contributed by atoms with E-state index in [1.165, 1.54) is 21.8 Å². The van der Waals surface area contributed by atoms with Crippen molar-refractivity contribution in [1.82, 2.24) is 4.98 Å². The van der Waals surface area contributed by atoms with Crippen LogP contribution in [0.3, 0.4) is 0 Å². The summed E-state index contributed by atoms with van der Waals surface area (Å²) in [4.78, 5) is 6.96. The van der Waals surface area contributed by atoms with Crippen LogP contribution in [0.1, 0.15) is 13.8 Å². The molecule has 0 bridgehead atoms. The highest BCUT2D eigenvalue weighted by atomic mass is 15.1. The van der Waals surface area contributed by atoms with Gasteiger partial charge in [0.2, 0.25) is 0 Å². The molecule has 1 heterocycles. The molecule has 4 rings (SSSR count). The van der Waals surface area contributed by atoms with E-state index in [2.05, 4.69) is 77.7 Å². The highest BCUT2D eigenvalue weighted by molar-refractivity contribution is 6.06. The van der Waals surface area contributed by atoms with E-state index < -0.39 is 0 Å². The third-order valence-corrected chi connectivity index (χ3v) is 4.28. The number of pyridine rings is 1. The molecule has 0 radical (unpaired) electrons. The van der Waals surface area contributed by atoms with E-state index in [-0.39, 0.29) is 0 Å². The number of nitrogens with zero attached hydrogens (tertiary/aromatic N) is 2. The Labute approximate surface area is 149 Å². The van der Waals surface area contributed by atoms with Crippen molar-refractivity contribution in [2.24, 2.45) is 0 Å². The Morgan fingerprint density at radius 2 is 1.40 bits per heavy atom. The third-order valence-electron chi connectivity index (χ3n) is 4.28. The maximum Gasteiger partial charge on any atom is 0.0715 e. The number of fused-ring (bicyclic) bond motifs is 3. The van der Waals surface area contributed by atoms with Crippen LogP contribution in [-0.4, -0.2) is 19.1 Å². The molecule has 0 spiro atoms. The van der Waals surface area contributed by atoms with Crippen LogP contribution in [0.5, 0.6) is 0 Å². The summed E-state index contributed by atoms with van der Waals surface area (Å²) in [6.45, 7) is 4.00. The molecule has 126 valence electrons. The van der Waals surface area contributed by atoms with Crippen LogP contribution >= 0.6 is 0 Å². The van der Waals surface area contributed by atoms with Crippen molar-refractivity contribution in [3.8, 4) is 11.3 Å². The van der Waals surface area contributed by atoms with Crippen LogP contribution in [-0.2, 0) is 0 Å². The fourth-order valence-corrected chi connectivity index (χ4v) is 2.98. The van der Waals surface area contributed by atoms with Gasteiger partial charge in [0.25, 0.3) is 0 Å². The first-order valence-electron chi connectivity index (χ1n) is 8.79. The van der Waals surface area contributed by atoms with Crippen LogP contribution in [0, 0.1) is 0 Å². The fraction of sp³-hybridized carbons (Fsp3) is 0.174. The van der Waals surface area contributed by atoms with Crippen LogP contribution in [0.2, 0.25) is 0 Å². The zero-order valence-corrected chi connectivity index (χ0v) is 15.3. The van der Waals surface area contributed by atoms with Crippen molar-refractivity contribution in [3.05, 3.63) is 72.8 Å². The van der Waals surface area contributed by atoms with Crippen molar-refractivity contribution in [2.75, 3.05) is 19.0 Å². The molecule has 1 aromatic heterocycles. The molecule has 0 aliphatic carbocycles. The Kier molecular flexibility index (Phi) is 4.99. The molecule has 0 saturated heterocycles. The lowest BCUT2D eigenvalue weighted by molar-refractivity contribution is 1.13. The van der Waals surface area contributed by atoms with Gasteiger partial charge in [0.1, 0.15) is 0 Å².